The van der Waals surface area contributed by atoms with Crippen LogP contribution in [0.25, 0.3) is 5.65 Å². The van der Waals surface area contributed by atoms with Gasteiger partial charge in [0.1, 0.15) is 23.0 Å². The average Bonchev–Trinajstić information content (AvgIpc) is 3.32. The van der Waals surface area contributed by atoms with E-state index in [2.05, 4.69) is 15.4 Å². The molecule has 8 nitrogen and oxygen atoms in total. The first-order valence-corrected chi connectivity index (χ1v) is 10.1. The molecule has 4 rings (SSSR count). The zero-order valence-electron chi connectivity index (χ0n) is 17.5. The summed E-state index contributed by atoms with van der Waals surface area (Å²) >= 11 is 0. The maximum atomic E-state index is 14.4. The quantitative estimate of drug-likeness (QED) is 0.624. The number of rotatable bonds is 6. The number of benzene rings is 1. The van der Waals surface area contributed by atoms with E-state index in [0.29, 0.717) is 43.1 Å². The summed E-state index contributed by atoms with van der Waals surface area (Å²) in [4.78, 5) is 21.2. The second kappa shape index (κ2) is 8.46. The van der Waals surface area contributed by atoms with Gasteiger partial charge in [0.05, 0.1) is 6.04 Å². The maximum Gasteiger partial charge on any atom is 0.259 e. The smallest absolute Gasteiger partial charge is 0.259 e. The van der Waals surface area contributed by atoms with Gasteiger partial charge in [-0.1, -0.05) is 0 Å². The lowest BCUT2D eigenvalue weighted by Crippen LogP contribution is -2.31. The highest BCUT2D eigenvalue weighted by atomic mass is 19.1. The zero-order chi connectivity index (χ0) is 22.1. The molecule has 0 aliphatic carbocycles. The minimum Gasteiger partial charge on any atom is -0.381 e. The number of halogens is 2. The molecule has 1 aliphatic rings. The van der Waals surface area contributed by atoms with Crippen molar-refractivity contribution in [2.24, 2.45) is 0 Å². The lowest BCUT2D eigenvalue weighted by molar-refractivity contribution is 0.0953. The number of amides is 1. The first-order valence-electron chi connectivity index (χ1n) is 10.1. The van der Waals surface area contributed by atoms with Crippen molar-refractivity contribution in [3.63, 3.8) is 0 Å². The third-order valence-corrected chi connectivity index (χ3v) is 5.43. The highest BCUT2D eigenvalue weighted by Gasteiger charge is 2.30. The largest absolute Gasteiger partial charge is 0.381 e. The molecular weight excluding hydrogens is 404 g/mol. The van der Waals surface area contributed by atoms with Crippen LogP contribution < -0.4 is 16.0 Å². The van der Waals surface area contributed by atoms with Gasteiger partial charge in [0.15, 0.2) is 11.5 Å². The average molecular weight is 429 g/mol. The highest BCUT2D eigenvalue weighted by Crippen LogP contribution is 2.37. The van der Waals surface area contributed by atoms with Crippen LogP contribution in [0.1, 0.15) is 34.8 Å². The maximum absolute atomic E-state index is 14.4. The topological polar surface area (TPSA) is 91.8 Å². The Morgan fingerprint density at radius 1 is 1.32 bits per heavy atom. The standard InChI is InChI=1S/C21H25F2N7O/c1-28(2)11-8-25-21(31)18-19(24)27-30-10-7-17(26-20(18)30)29-9-3-4-16(29)14-12-13(22)5-6-15(14)23/h5-7,10,12,16H,3-4,8-9,11H2,1-2H3,(H2,24,27)(H,25,31). The van der Waals surface area contributed by atoms with Gasteiger partial charge < -0.3 is 20.9 Å². The molecule has 0 bridgehead atoms. The van der Waals surface area contributed by atoms with Crippen LogP contribution in [-0.2, 0) is 0 Å². The fourth-order valence-electron chi connectivity index (χ4n) is 3.93. The Balaban J connectivity index is 1.67. The molecule has 1 unspecified atom stereocenters. The van der Waals surface area contributed by atoms with Gasteiger partial charge in [-0.2, -0.15) is 0 Å². The van der Waals surface area contributed by atoms with Crippen LogP contribution >= 0.6 is 0 Å². The first-order chi connectivity index (χ1) is 14.8. The Bertz CT molecular complexity index is 1110. The van der Waals surface area contributed by atoms with Gasteiger partial charge >= 0.3 is 0 Å². The van der Waals surface area contributed by atoms with Crippen molar-refractivity contribution in [2.75, 3.05) is 44.4 Å². The van der Waals surface area contributed by atoms with Gasteiger partial charge in [-0.15, -0.1) is 5.10 Å². The van der Waals surface area contributed by atoms with E-state index in [1.54, 1.807) is 12.3 Å². The van der Waals surface area contributed by atoms with Crippen molar-refractivity contribution in [2.45, 2.75) is 18.9 Å². The van der Waals surface area contributed by atoms with E-state index in [4.69, 9.17) is 5.73 Å². The molecular formula is C21H25F2N7O. The predicted octanol–water partition coefficient (Wildman–Crippen LogP) is 2.22. The Morgan fingerprint density at radius 3 is 2.90 bits per heavy atom. The van der Waals surface area contributed by atoms with Gasteiger partial charge in [-0.3, -0.25) is 4.79 Å². The number of anilines is 2. The molecule has 10 heteroatoms. The molecule has 1 aromatic carbocycles. The summed E-state index contributed by atoms with van der Waals surface area (Å²) in [6.07, 6.45) is 3.15. The van der Waals surface area contributed by atoms with Crippen LogP contribution in [0.3, 0.4) is 0 Å². The molecule has 3 heterocycles. The molecule has 1 amide bonds. The van der Waals surface area contributed by atoms with Crippen LogP contribution in [0, 0.1) is 11.6 Å². The number of nitrogens with zero attached hydrogens (tertiary/aromatic N) is 5. The third-order valence-electron chi connectivity index (χ3n) is 5.43. The van der Waals surface area contributed by atoms with Crippen LogP contribution in [0.4, 0.5) is 20.4 Å². The molecule has 1 fully saturated rings. The molecule has 0 radical (unpaired) electrons. The van der Waals surface area contributed by atoms with E-state index in [1.165, 1.54) is 10.6 Å². The second-order valence-corrected chi connectivity index (χ2v) is 7.89. The highest BCUT2D eigenvalue weighted by molar-refractivity contribution is 6.04. The number of fused-ring (bicyclic) bond motifs is 1. The SMILES string of the molecule is CN(C)CCNC(=O)c1c(N)nn2ccc(N3CCCC3c3cc(F)ccc3F)nc12. The van der Waals surface area contributed by atoms with E-state index < -0.39 is 11.6 Å². The number of nitrogen functional groups attached to an aromatic ring is 1. The number of carbonyl (C=O) groups excluding carboxylic acids is 1. The molecule has 3 N–H and O–H groups in total. The summed E-state index contributed by atoms with van der Waals surface area (Å²) < 4.78 is 29.6. The summed E-state index contributed by atoms with van der Waals surface area (Å²) in [5, 5.41) is 7.01. The van der Waals surface area contributed by atoms with Crippen molar-refractivity contribution in [3.8, 4) is 0 Å². The van der Waals surface area contributed by atoms with E-state index in [-0.39, 0.29) is 23.3 Å². The van der Waals surface area contributed by atoms with Crippen molar-refractivity contribution < 1.29 is 13.6 Å². The second-order valence-electron chi connectivity index (χ2n) is 7.89. The minimum absolute atomic E-state index is 0.0844. The van der Waals surface area contributed by atoms with E-state index in [9.17, 15) is 13.6 Å². The molecule has 2 aromatic heterocycles. The molecule has 1 saturated heterocycles. The molecule has 0 spiro atoms. The van der Waals surface area contributed by atoms with E-state index >= 15 is 0 Å². The summed E-state index contributed by atoms with van der Waals surface area (Å²) in [6.45, 7) is 1.77. The summed E-state index contributed by atoms with van der Waals surface area (Å²) in [7, 11) is 3.83. The molecule has 31 heavy (non-hydrogen) atoms. The van der Waals surface area contributed by atoms with Gasteiger partial charge in [-0.25, -0.2) is 18.3 Å². The third kappa shape index (κ3) is 4.15. The fourth-order valence-corrected chi connectivity index (χ4v) is 3.93. The van der Waals surface area contributed by atoms with Crippen LogP contribution in [0.5, 0.6) is 0 Å². The molecule has 3 aromatic rings. The zero-order valence-corrected chi connectivity index (χ0v) is 17.5. The van der Waals surface area contributed by atoms with E-state index in [0.717, 1.165) is 18.6 Å². The van der Waals surface area contributed by atoms with Crippen LogP contribution in [0.15, 0.2) is 30.5 Å². The lowest BCUT2D eigenvalue weighted by atomic mass is 10.0. The lowest BCUT2D eigenvalue weighted by Gasteiger charge is -2.26. The summed E-state index contributed by atoms with van der Waals surface area (Å²) in [6, 6.07) is 4.88. The Kier molecular flexibility index (Phi) is 5.73. The molecule has 1 aliphatic heterocycles. The summed E-state index contributed by atoms with van der Waals surface area (Å²) in [5.41, 5.74) is 6.82. The molecule has 1 atom stereocenters. The van der Waals surface area contributed by atoms with Gasteiger partial charge in [0, 0.05) is 31.4 Å². The molecule has 0 saturated carbocycles. The van der Waals surface area contributed by atoms with Crippen molar-refractivity contribution in [3.05, 3.63) is 53.2 Å². The number of nitrogens with two attached hydrogens (primary N) is 1. The Morgan fingerprint density at radius 2 is 2.13 bits per heavy atom. The molecule has 164 valence electrons. The number of carbonyl (C=O) groups is 1. The van der Waals surface area contributed by atoms with Crippen molar-refractivity contribution in [1.29, 1.82) is 0 Å². The van der Waals surface area contributed by atoms with Gasteiger partial charge in [0.2, 0.25) is 0 Å². The Hall–Kier alpha value is -3.27. The number of hydrogen-bond acceptors (Lipinski definition) is 6. The van der Waals surface area contributed by atoms with Crippen molar-refractivity contribution in [1.82, 2.24) is 24.8 Å². The minimum atomic E-state index is -0.480. The predicted molar refractivity (Wildman–Crippen MR) is 114 cm³/mol. The van der Waals surface area contributed by atoms with Crippen LogP contribution in [0.2, 0.25) is 0 Å². The number of aromatic nitrogens is 3. The van der Waals surface area contributed by atoms with Crippen molar-refractivity contribution >= 4 is 23.2 Å². The number of likely N-dealkylation sites (N-methyl/N-ethyl adjacent to an activating group) is 1. The van der Waals surface area contributed by atoms with E-state index in [1.807, 2.05) is 23.9 Å². The van der Waals surface area contributed by atoms with Crippen LogP contribution in [-0.4, -0.2) is 59.1 Å². The first kappa shape index (κ1) is 21.0. The summed E-state index contributed by atoms with van der Waals surface area (Å²) in [5.74, 6) is -0.643. The fraction of sp³-hybridized carbons (Fsp3) is 0.381. The monoisotopic (exact) mass is 429 g/mol. The van der Waals surface area contributed by atoms with Gasteiger partial charge in [0.25, 0.3) is 5.91 Å². The Labute approximate surface area is 178 Å². The normalized spacial score (nSPS) is 16.4. The number of hydrogen-bond donors (Lipinski definition) is 2. The van der Waals surface area contributed by atoms with Gasteiger partial charge in [-0.05, 0) is 51.2 Å². The number of nitrogens with one attached hydrogen (secondary N) is 1.